The molecule has 0 radical (unpaired) electrons. The molecule has 0 amide bonds. The van der Waals surface area contributed by atoms with Gasteiger partial charge in [0.2, 0.25) is 0 Å². The van der Waals surface area contributed by atoms with Gasteiger partial charge in [-0.05, 0) is 18.2 Å². The number of aromatic nitrogens is 2. The molecule has 0 saturated carbocycles. The summed E-state index contributed by atoms with van der Waals surface area (Å²) in [5.74, 6) is 0. The predicted molar refractivity (Wildman–Crippen MR) is 81.2 cm³/mol. The molecule has 0 saturated heterocycles. The van der Waals surface area contributed by atoms with Gasteiger partial charge in [-0.25, -0.2) is 4.98 Å². The zero-order valence-electron chi connectivity index (χ0n) is 9.73. The van der Waals surface area contributed by atoms with Gasteiger partial charge in [-0.15, -0.1) is 11.3 Å². The van der Waals surface area contributed by atoms with Gasteiger partial charge in [-0.1, -0.05) is 29.3 Å². The number of rotatable bonds is 3. The molecule has 96 valence electrons. The monoisotopic (exact) mass is 309 g/mol. The van der Waals surface area contributed by atoms with E-state index in [0.717, 1.165) is 21.5 Å². The van der Waals surface area contributed by atoms with Crippen molar-refractivity contribution in [2.75, 3.05) is 5.32 Å². The Morgan fingerprint density at radius 1 is 1.16 bits per heavy atom. The number of hydrogen-bond acceptors (Lipinski definition) is 4. The summed E-state index contributed by atoms with van der Waals surface area (Å²) in [6.45, 7) is 0.677. The summed E-state index contributed by atoms with van der Waals surface area (Å²) in [6.07, 6.45) is 3.42. The van der Waals surface area contributed by atoms with E-state index in [0.29, 0.717) is 16.0 Å². The zero-order valence-corrected chi connectivity index (χ0v) is 12.1. The molecule has 0 unspecified atom stereocenters. The van der Waals surface area contributed by atoms with Gasteiger partial charge in [-0.2, -0.15) is 0 Å². The maximum atomic E-state index is 6.00. The van der Waals surface area contributed by atoms with Crippen molar-refractivity contribution in [2.24, 2.45) is 0 Å². The summed E-state index contributed by atoms with van der Waals surface area (Å²) in [4.78, 5) is 9.39. The highest BCUT2D eigenvalue weighted by atomic mass is 35.5. The van der Waals surface area contributed by atoms with Gasteiger partial charge in [0.15, 0.2) is 4.47 Å². The smallest absolute Gasteiger partial charge is 0.183 e. The lowest BCUT2D eigenvalue weighted by Crippen LogP contribution is -1.98. The van der Waals surface area contributed by atoms with Crippen LogP contribution in [-0.2, 0) is 6.54 Å². The van der Waals surface area contributed by atoms with Crippen molar-refractivity contribution in [3.8, 4) is 0 Å². The van der Waals surface area contributed by atoms with Crippen LogP contribution in [0.2, 0.25) is 9.49 Å². The first kappa shape index (κ1) is 12.7. The van der Waals surface area contributed by atoms with Crippen LogP contribution in [0.4, 0.5) is 5.69 Å². The number of benzene rings is 1. The first-order chi connectivity index (χ1) is 9.22. The summed E-state index contributed by atoms with van der Waals surface area (Å²) >= 11 is 13.3. The third kappa shape index (κ3) is 2.81. The number of halogens is 2. The normalized spacial score (nSPS) is 10.8. The summed E-state index contributed by atoms with van der Waals surface area (Å²) in [5, 5.41) is 4.99. The van der Waals surface area contributed by atoms with Crippen LogP contribution in [0.25, 0.3) is 10.9 Å². The SMILES string of the molecule is Clc1cnc2cccc(NCc3cnc(Cl)s3)c2c1. The minimum absolute atomic E-state index is 0.555. The van der Waals surface area contributed by atoms with Gasteiger partial charge in [0.1, 0.15) is 0 Å². The van der Waals surface area contributed by atoms with Gasteiger partial charge in [-0.3, -0.25) is 4.98 Å². The molecule has 3 nitrogen and oxygen atoms in total. The van der Waals surface area contributed by atoms with Crippen LogP contribution >= 0.6 is 34.5 Å². The lowest BCUT2D eigenvalue weighted by molar-refractivity contribution is 1.18. The number of thiazole rings is 1. The minimum atomic E-state index is 0.555. The molecule has 0 bridgehead atoms. The van der Waals surface area contributed by atoms with E-state index >= 15 is 0 Å². The fourth-order valence-corrected chi connectivity index (χ4v) is 2.90. The molecule has 2 heterocycles. The first-order valence-electron chi connectivity index (χ1n) is 5.61. The van der Waals surface area contributed by atoms with E-state index in [4.69, 9.17) is 23.2 Å². The molecule has 1 aromatic carbocycles. The Bertz CT molecular complexity index is 727. The number of fused-ring (bicyclic) bond motifs is 1. The average molecular weight is 310 g/mol. The van der Waals surface area contributed by atoms with Gasteiger partial charge >= 0.3 is 0 Å². The number of anilines is 1. The van der Waals surface area contributed by atoms with Crippen LogP contribution in [-0.4, -0.2) is 9.97 Å². The van der Waals surface area contributed by atoms with E-state index in [1.165, 1.54) is 11.3 Å². The topological polar surface area (TPSA) is 37.8 Å². The number of nitrogens with one attached hydrogen (secondary N) is 1. The molecule has 6 heteroatoms. The quantitative estimate of drug-likeness (QED) is 0.767. The number of hydrogen-bond donors (Lipinski definition) is 1. The second-order valence-corrected chi connectivity index (χ2v) is 6.09. The van der Waals surface area contributed by atoms with Crippen LogP contribution in [0.3, 0.4) is 0 Å². The van der Waals surface area contributed by atoms with Crippen LogP contribution < -0.4 is 5.32 Å². The highest BCUT2D eigenvalue weighted by molar-refractivity contribution is 7.15. The molecule has 0 spiro atoms. The molecule has 0 atom stereocenters. The van der Waals surface area contributed by atoms with Crippen LogP contribution in [0, 0.1) is 0 Å². The van der Waals surface area contributed by atoms with Crippen molar-refractivity contribution < 1.29 is 0 Å². The lowest BCUT2D eigenvalue weighted by Gasteiger charge is -2.08. The molecule has 0 aliphatic rings. The van der Waals surface area contributed by atoms with Crippen molar-refractivity contribution in [3.63, 3.8) is 0 Å². The Morgan fingerprint density at radius 3 is 2.84 bits per heavy atom. The van der Waals surface area contributed by atoms with E-state index in [1.54, 1.807) is 12.4 Å². The van der Waals surface area contributed by atoms with Gasteiger partial charge in [0, 0.05) is 28.3 Å². The molecule has 2 aromatic heterocycles. The number of pyridine rings is 1. The van der Waals surface area contributed by atoms with Crippen LogP contribution in [0.15, 0.2) is 36.7 Å². The van der Waals surface area contributed by atoms with Crippen molar-refractivity contribution >= 4 is 51.1 Å². The lowest BCUT2D eigenvalue weighted by atomic mass is 10.2. The Morgan fingerprint density at radius 2 is 2.05 bits per heavy atom. The van der Waals surface area contributed by atoms with E-state index in [9.17, 15) is 0 Å². The van der Waals surface area contributed by atoms with Gasteiger partial charge in [0.05, 0.1) is 17.1 Å². The summed E-state index contributed by atoms with van der Waals surface area (Å²) in [7, 11) is 0. The summed E-state index contributed by atoms with van der Waals surface area (Å²) in [5.41, 5.74) is 1.91. The molecule has 0 aliphatic heterocycles. The molecule has 3 rings (SSSR count). The fourth-order valence-electron chi connectivity index (χ4n) is 1.83. The summed E-state index contributed by atoms with van der Waals surface area (Å²) < 4.78 is 0.555. The molecule has 0 fully saturated rings. The Balaban J connectivity index is 1.90. The minimum Gasteiger partial charge on any atom is -0.380 e. The van der Waals surface area contributed by atoms with Crippen LogP contribution in [0.5, 0.6) is 0 Å². The van der Waals surface area contributed by atoms with E-state index in [1.807, 2.05) is 24.3 Å². The van der Waals surface area contributed by atoms with Crippen LogP contribution in [0.1, 0.15) is 4.88 Å². The Hall–Kier alpha value is -1.36. The van der Waals surface area contributed by atoms with E-state index in [-0.39, 0.29) is 0 Å². The third-order valence-electron chi connectivity index (χ3n) is 2.67. The van der Waals surface area contributed by atoms with Gasteiger partial charge < -0.3 is 5.32 Å². The largest absolute Gasteiger partial charge is 0.380 e. The van der Waals surface area contributed by atoms with Crippen molar-refractivity contribution in [3.05, 3.63) is 51.0 Å². The highest BCUT2D eigenvalue weighted by Gasteiger charge is 2.04. The maximum Gasteiger partial charge on any atom is 0.183 e. The van der Waals surface area contributed by atoms with Crippen molar-refractivity contribution in [1.82, 2.24) is 9.97 Å². The average Bonchev–Trinajstić information content (AvgIpc) is 2.82. The standard InChI is InChI=1S/C13H9Cl2N3S/c14-8-4-10-11(16-5-8)2-1-3-12(10)17-6-9-7-18-13(15)19-9/h1-5,7,17H,6H2. The molecular weight excluding hydrogens is 301 g/mol. The van der Waals surface area contributed by atoms with Crippen molar-refractivity contribution in [2.45, 2.75) is 6.54 Å². The molecule has 0 aliphatic carbocycles. The Kier molecular flexibility index (Phi) is 3.55. The fraction of sp³-hybridized carbons (Fsp3) is 0.0769. The second-order valence-electron chi connectivity index (χ2n) is 3.96. The Labute approximate surface area is 124 Å². The molecule has 19 heavy (non-hydrogen) atoms. The number of nitrogens with zero attached hydrogens (tertiary/aromatic N) is 2. The maximum absolute atomic E-state index is 6.00. The second kappa shape index (κ2) is 5.33. The predicted octanol–water partition coefficient (Wildman–Crippen LogP) is 4.61. The van der Waals surface area contributed by atoms with Crippen molar-refractivity contribution in [1.29, 1.82) is 0 Å². The molecule has 1 N–H and O–H groups in total. The summed E-state index contributed by atoms with van der Waals surface area (Å²) in [6, 6.07) is 7.83. The first-order valence-corrected chi connectivity index (χ1v) is 7.18. The molecule has 3 aromatic rings. The van der Waals surface area contributed by atoms with E-state index in [2.05, 4.69) is 15.3 Å². The molecular formula is C13H9Cl2N3S. The highest BCUT2D eigenvalue weighted by Crippen LogP contribution is 2.26. The van der Waals surface area contributed by atoms with Gasteiger partial charge in [0.25, 0.3) is 0 Å². The van der Waals surface area contributed by atoms with E-state index < -0.39 is 0 Å². The zero-order chi connectivity index (χ0) is 13.2. The third-order valence-corrected chi connectivity index (χ3v) is 3.99.